The van der Waals surface area contributed by atoms with E-state index in [0.29, 0.717) is 12.1 Å². The molecule has 4 nitrogen and oxygen atoms in total. The first-order valence-corrected chi connectivity index (χ1v) is 9.92. The van der Waals surface area contributed by atoms with Crippen LogP contribution < -0.4 is 15.2 Å². The molecule has 0 spiro atoms. The predicted octanol–water partition coefficient (Wildman–Crippen LogP) is 3.73. The summed E-state index contributed by atoms with van der Waals surface area (Å²) in [6.45, 7) is 2.11. The minimum atomic E-state index is 0.157. The molecule has 1 aliphatic carbocycles. The molecule has 0 unspecified atom stereocenters. The molecule has 1 saturated carbocycles. The molecule has 1 saturated heterocycles. The second kappa shape index (κ2) is 7.53. The summed E-state index contributed by atoms with van der Waals surface area (Å²) in [6.07, 6.45) is 4.46. The van der Waals surface area contributed by atoms with E-state index in [1.807, 2.05) is 6.07 Å². The minimum absolute atomic E-state index is 0.157. The number of nitrogens with two attached hydrogens (primary N) is 1. The number of nitrogens with zero attached hydrogens (tertiary/aromatic N) is 1. The quantitative estimate of drug-likeness (QED) is 0.876. The molecule has 2 aromatic rings. The van der Waals surface area contributed by atoms with E-state index in [9.17, 15) is 0 Å². The summed E-state index contributed by atoms with van der Waals surface area (Å²) in [4.78, 5) is 2.64. The van der Waals surface area contributed by atoms with Crippen molar-refractivity contribution in [2.75, 3.05) is 20.8 Å². The summed E-state index contributed by atoms with van der Waals surface area (Å²) in [5.41, 5.74) is 9.31. The van der Waals surface area contributed by atoms with Crippen LogP contribution >= 0.6 is 0 Å². The van der Waals surface area contributed by atoms with E-state index in [2.05, 4.69) is 47.4 Å². The maximum atomic E-state index is 6.41. The Labute approximate surface area is 162 Å². The molecule has 0 radical (unpaired) electrons. The molecule has 4 rings (SSSR count). The van der Waals surface area contributed by atoms with Crippen LogP contribution in [-0.2, 0) is 12.0 Å². The van der Waals surface area contributed by atoms with Crippen LogP contribution in [0.4, 0.5) is 0 Å². The van der Waals surface area contributed by atoms with Crippen LogP contribution in [0, 0.1) is 0 Å². The van der Waals surface area contributed by atoms with Gasteiger partial charge in [-0.25, -0.2) is 0 Å². The third-order valence-corrected chi connectivity index (χ3v) is 6.60. The molecule has 27 heavy (non-hydrogen) atoms. The number of hydrogen-bond acceptors (Lipinski definition) is 4. The van der Waals surface area contributed by atoms with E-state index in [-0.39, 0.29) is 5.41 Å². The molecule has 0 aromatic heterocycles. The number of rotatable bonds is 5. The van der Waals surface area contributed by atoms with Crippen molar-refractivity contribution in [1.29, 1.82) is 0 Å². The minimum Gasteiger partial charge on any atom is -0.493 e. The fraction of sp³-hybridized carbons (Fsp3) is 0.478. The highest BCUT2D eigenvalue weighted by Gasteiger charge is 2.51. The highest BCUT2D eigenvalue weighted by atomic mass is 16.5. The zero-order valence-electron chi connectivity index (χ0n) is 16.4. The fourth-order valence-electron chi connectivity index (χ4n) is 5.16. The normalized spacial score (nSPS) is 28.0. The van der Waals surface area contributed by atoms with Gasteiger partial charge in [-0.1, -0.05) is 36.4 Å². The zero-order chi connectivity index (χ0) is 18.9. The van der Waals surface area contributed by atoms with Gasteiger partial charge < -0.3 is 15.2 Å². The number of fused-ring (bicyclic) bond motifs is 1. The van der Waals surface area contributed by atoms with Crippen LogP contribution in [0.15, 0.2) is 48.5 Å². The molecule has 1 heterocycles. The van der Waals surface area contributed by atoms with Gasteiger partial charge in [0.15, 0.2) is 11.5 Å². The molecule has 2 fully saturated rings. The van der Waals surface area contributed by atoms with E-state index in [4.69, 9.17) is 15.2 Å². The molecule has 2 N–H and O–H groups in total. The summed E-state index contributed by atoms with van der Waals surface area (Å²) in [5.74, 6) is 1.61. The van der Waals surface area contributed by atoms with Crippen LogP contribution in [0.5, 0.6) is 11.5 Å². The molecule has 4 heteroatoms. The van der Waals surface area contributed by atoms with Crippen molar-refractivity contribution in [2.45, 2.75) is 49.7 Å². The second-order valence-corrected chi connectivity index (χ2v) is 7.98. The molecular weight excluding hydrogens is 336 g/mol. The van der Waals surface area contributed by atoms with Crippen molar-refractivity contribution in [2.24, 2.45) is 5.73 Å². The zero-order valence-corrected chi connectivity index (χ0v) is 16.4. The van der Waals surface area contributed by atoms with E-state index in [1.165, 1.54) is 17.5 Å². The van der Waals surface area contributed by atoms with Gasteiger partial charge in [-0.3, -0.25) is 4.90 Å². The van der Waals surface area contributed by atoms with E-state index < -0.39 is 0 Å². The lowest BCUT2D eigenvalue weighted by Gasteiger charge is -2.44. The van der Waals surface area contributed by atoms with Gasteiger partial charge in [-0.05, 0) is 55.5 Å². The number of hydrogen-bond donors (Lipinski definition) is 1. The van der Waals surface area contributed by atoms with Gasteiger partial charge in [0.1, 0.15) is 0 Å². The van der Waals surface area contributed by atoms with Gasteiger partial charge in [-0.15, -0.1) is 0 Å². The van der Waals surface area contributed by atoms with Crippen molar-refractivity contribution < 1.29 is 9.47 Å². The monoisotopic (exact) mass is 366 g/mol. The Morgan fingerprint density at radius 3 is 2.56 bits per heavy atom. The van der Waals surface area contributed by atoms with Crippen LogP contribution in [0.1, 0.15) is 36.8 Å². The predicted molar refractivity (Wildman–Crippen MR) is 108 cm³/mol. The van der Waals surface area contributed by atoms with Crippen molar-refractivity contribution in [1.82, 2.24) is 4.90 Å². The summed E-state index contributed by atoms with van der Waals surface area (Å²) in [7, 11) is 3.40. The maximum absolute atomic E-state index is 6.41. The Kier molecular flexibility index (Phi) is 5.11. The van der Waals surface area contributed by atoms with E-state index >= 15 is 0 Å². The first-order valence-electron chi connectivity index (χ1n) is 9.92. The standard InChI is InChI=1S/C23H30N2O2/c1-26-20-9-8-18(14-21(20)27-2)23-11-10-19(24)15-22(23)25(13-12-23)16-17-6-4-3-5-7-17/h3-9,14,19,22H,10-13,15-16,24H2,1-2H3/t19-,22+,23+/m1/s1. The van der Waals surface area contributed by atoms with Crippen LogP contribution in [0.3, 0.4) is 0 Å². The Bertz CT molecular complexity index is 779. The Morgan fingerprint density at radius 1 is 1.04 bits per heavy atom. The lowest BCUT2D eigenvalue weighted by Crippen LogP contribution is -2.50. The summed E-state index contributed by atoms with van der Waals surface area (Å²) in [6, 6.07) is 18.0. The highest BCUT2D eigenvalue weighted by molar-refractivity contribution is 5.46. The van der Waals surface area contributed by atoms with Crippen LogP contribution in [0.2, 0.25) is 0 Å². The molecule has 0 bridgehead atoms. The van der Waals surface area contributed by atoms with Crippen LogP contribution in [0.25, 0.3) is 0 Å². The van der Waals surface area contributed by atoms with Crippen molar-refractivity contribution in [3.8, 4) is 11.5 Å². The van der Waals surface area contributed by atoms with Gasteiger partial charge in [0.25, 0.3) is 0 Å². The molecule has 2 aromatic carbocycles. The smallest absolute Gasteiger partial charge is 0.161 e. The van der Waals surface area contributed by atoms with E-state index in [1.54, 1.807) is 14.2 Å². The number of ether oxygens (including phenoxy) is 2. The lowest BCUT2D eigenvalue weighted by molar-refractivity contribution is 0.139. The second-order valence-electron chi connectivity index (χ2n) is 7.98. The van der Waals surface area contributed by atoms with Gasteiger partial charge >= 0.3 is 0 Å². The molecule has 1 aliphatic heterocycles. The largest absolute Gasteiger partial charge is 0.493 e. The fourth-order valence-corrected chi connectivity index (χ4v) is 5.16. The first-order chi connectivity index (χ1) is 13.2. The average Bonchev–Trinajstić information content (AvgIpc) is 3.07. The van der Waals surface area contributed by atoms with Gasteiger partial charge in [0.05, 0.1) is 14.2 Å². The van der Waals surface area contributed by atoms with Crippen molar-refractivity contribution in [3.05, 3.63) is 59.7 Å². The number of methoxy groups -OCH3 is 2. The number of likely N-dealkylation sites (tertiary alicyclic amines) is 1. The Hall–Kier alpha value is -2.04. The maximum Gasteiger partial charge on any atom is 0.161 e. The summed E-state index contributed by atoms with van der Waals surface area (Å²) >= 11 is 0. The highest BCUT2D eigenvalue weighted by Crippen LogP contribution is 2.50. The first kappa shape index (κ1) is 18.3. The molecular formula is C23H30N2O2. The number of benzene rings is 2. The van der Waals surface area contributed by atoms with Gasteiger partial charge in [0.2, 0.25) is 0 Å². The van der Waals surface area contributed by atoms with E-state index in [0.717, 1.165) is 43.9 Å². The Balaban J connectivity index is 1.67. The summed E-state index contributed by atoms with van der Waals surface area (Å²) in [5, 5.41) is 0. The average molecular weight is 367 g/mol. The third-order valence-electron chi connectivity index (χ3n) is 6.60. The molecule has 3 atom stereocenters. The van der Waals surface area contributed by atoms with Gasteiger partial charge in [0, 0.05) is 24.0 Å². The lowest BCUT2D eigenvalue weighted by atomic mass is 9.65. The van der Waals surface area contributed by atoms with Crippen molar-refractivity contribution in [3.63, 3.8) is 0 Å². The SMILES string of the molecule is COc1ccc([C@@]23CC[C@@H](N)C[C@@H]2N(Cc2ccccc2)CC3)cc1OC. The Morgan fingerprint density at radius 2 is 1.81 bits per heavy atom. The third kappa shape index (κ3) is 3.32. The molecule has 0 amide bonds. The topological polar surface area (TPSA) is 47.7 Å². The van der Waals surface area contributed by atoms with Gasteiger partial charge in [-0.2, -0.15) is 0 Å². The van der Waals surface area contributed by atoms with Crippen molar-refractivity contribution >= 4 is 0 Å². The van der Waals surface area contributed by atoms with Crippen LogP contribution in [-0.4, -0.2) is 37.7 Å². The molecule has 2 aliphatic rings. The molecule has 144 valence electrons. The summed E-state index contributed by atoms with van der Waals surface area (Å²) < 4.78 is 11.0.